The number of aliphatic hydroxyl groups excluding tert-OH is 1. The first kappa shape index (κ1) is 29.9. The molecule has 0 aliphatic rings. The third-order valence-electron chi connectivity index (χ3n) is 6.85. The minimum atomic E-state index is -0.0172. The Morgan fingerprint density at radius 1 is 0.467 bits per heavy atom. The monoisotopic (exact) mass is 425 g/mol. The van der Waals surface area contributed by atoms with Crippen molar-refractivity contribution < 1.29 is 5.11 Å². The minimum Gasteiger partial charge on any atom is -0.394 e. The number of hydrogen-bond donors (Lipinski definition) is 2. The molecule has 0 aromatic heterocycles. The lowest BCUT2D eigenvalue weighted by Crippen LogP contribution is -2.49. The van der Waals surface area contributed by atoms with E-state index in [1.807, 2.05) is 0 Å². The summed E-state index contributed by atoms with van der Waals surface area (Å²) in [7, 11) is 0. The van der Waals surface area contributed by atoms with Crippen LogP contribution in [0.5, 0.6) is 0 Å². The van der Waals surface area contributed by atoms with Gasteiger partial charge in [0.2, 0.25) is 0 Å². The van der Waals surface area contributed by atoms with E-state index in [1.165, 1.54) is 128 Å². The SMILES string of the molecule is CCCCCCCCCCNC(CO)(CCCCCCCC)CCCCCCCC. The fraction of sp³-hybridized carbons (Fsp3) is 1.00. The first-order valence-electron chi connectivity index (χ1n) is 14.1. The lowest BCUT2D eigenvalue weighted by Gasteiger charge is -2.34. The van der Waals surface area contributed by atoms with Gasteiger partial charge in [0.05, 0.1) is 6.61 Å². The molecule has 0 aromatic rings. The summed E-state index contributed by atoms with van der Waals surface area (Å²) in [6.07, 6.45) is 29.3. The van der Waals surface area contributed by atoms with E-state index in [4.69, 9.17) is 0 Å². The van der Waals surface area contributed by atoms with E-state index >= 15 is 0 Å². The van der Waals surface area contributed by atoms with Crippen LogP contribution in [0.15, 0.2) is 0 Å². The maximum atomic E-state index is 10.3. The topological polar surface area (TPSA) is 32.3 Å². The van der Waals surface area contributed by atoms with Crippen LogP contribution in [0.2, 0.25) is 0 Å². The summed E-state index contributed by atoms with van der Waals surface area (Å²) in [4.78, 5) is 0. The van der Waals surface area contributed by atoms with Gasteiger partial charge in [0.1, 0.15) is 0 Å². The third-order valence-corrected chi connectivity index (χ3v) is 6.85. The minimum absolute atomic E-state index is 0.0172. The Bertz CT molecular complexity index is 302. The van der Waals surface area contributed by atoms with Gasteiger partial charge in [-0.05, 0) is 25.8 Å². The van der Waals surface area contributed by atoms with Gasteiger partial charge < -0.3 is 10.4 Å². The van der Waals surface area contributed by atoms with Gasteiger partial charge in [-0.15, -0.1) is 0 Å². The Balaban J connectivity index is 4.18. The zero-order valence-electron chi connectivity index (χ0n) is 21.4. The van der Waals surface area contributed by atoms with Gasteiger partial charge in [-0.2, -0.15) is 0 Å². The van der Waals surface area contributed by atoms with Crippen molar-refractivity contribution in [3.8, 4) is 0 Å². The standard InChI is InChI=1S/C28H59NO/c1-4-7-10-13-16-17-20-23-26-29-28(27-30,24-21-18-14-11-8-5-2)25-22-19-15-12-9-6-3/h29-30H,4-27H2,1-3H3. The summed E-state index contributed by atoms with van der Waals surface area (Å²) in [5, 5.41) is 14.2. The highest BCUT2D eigenvalue weighted by molar-refractivity contribution is 4.87. The third kappa shape index (κ3) is 18.7. The van der Waals surface area contributed by atoms with Gasteiger partial charge >= 0.3 is 0 Å². The molecule has 0 heterocycles. The molecule has 0 aliphatic heterocycles. The Hall–Kier alpha value is -0.0800. The van der Waals surface area contributed by atoms with Crippen molar-refractivity contribution in [2.24, 2.45) is 0 Å². The molecule has 2 N–H and O–H groups in total. The van der Waals surface area contributed by atoms with Gasteiger partial charge in [-0.1, -0.05) is 143 Å². The molecule has 30 heavy (non-hydrogen) atoms. The maximum Gasteiger partial charge on any atom is 0.0613 e. The fourth-order valence-electron chi connectivity index (χ4n) is 4.62. The Morgan fingerprint density at radius 3 is 1.17 bits per heavy atom. The Labute approximate surface area is 191 Å². The molecule has 0 atom stereocenters. The summed E-state index contributed by atoms with van der Waals surface area (Å²) in [5.74, 6) is 0. The summed E-state index contributed by atoms with van der Waals surface area (Å²) < 4.78 is 0. The van der Waals surface area contributed by atoms with Crippen LogP contribution >= 0.6 is 0 Å². The van der Waals surface area contributed by atoms with E-state index in [-0.39, 0.29) is 5.54 Å². The zero-order valence-corrected chi connectivity index (χ0v) is 21.4. The summed E-state index contributed by atoms with van der Waals surface area (Å²) in [5.41, 5.74) is -0.0172. The van der Waals surface area contributed by atoms with Crippen LogP contribution in [0.1, 0.15) is 162 Å². The first-order chi connectivity index (χ1) is 14.7. The van der Waals surface area contributed by atoms with Crippen LogP contribution in [0, 0.1) is 0 Å². The molecule has 0 saturated carbocycles. The van der Waals surface area contributed by atoms with E-state index < -0.39 is 0 Å². The van der Waals surface area contributed by atoms with Gasteiger partial charge in [-0.25, -0.2) is 0 Å². The van der Waals surface area contributed by atoms with E-state index in [0.29, 0.717) is 6.61 Å². The highest BCUT2D eigenvalue weighted by Crippen LogP contribution is 2.24. The quantitative estimate of drug-likeness (QED) is 0.143. The first-order valence-corrected chi connectivity index (χ1v) is 14.1. The molecule has 0 rings (SSSR count). The summed E-state index contributed by atoms with van der Waals surface area (Å²) >= 11 is 0. The molecule has 0 aromatic carbocycles. The molecular weight excluding hydrogens is 366 g/mol. The fourth-order valence-corrected chi connectivity index (χ4v) is 4.62. The van der Waals surface area contributed by atoms with Crippen LogP contribution < -0.4 is 5.32 Å². The van der Waals surface area contributed by atoms with Gasteiger partial charge in [0.15, 0.2) is 0 Å². The van der Waals surface area contributed by atoms with Gasteiger partial charge in [0.25, 0.3) is 0 Å². The van der Waals surface area contributed by atoms with Crippen molar-refractivity contribution in [3.05, 3.63) is 0 Å². The van der Waals surface area contributed by atoms with E-state index in [9.17, 15) is 5.11 Å². The molecule has 0 bridgehead atoms. The Morgan fingerprint density at radius 2 is 0.800 bits per heavy atom. The Kier molecular flexibility index (Phi) is 23.5. The molecule has 0 saturated heterocycles. The summed E-state index contributed by atoms with van der Waals surface area (Å²) in [6, 6.07) is 0. The van der Waals surface area contributed by atoms with Gasteiger partial charge in [0, 0.05) is 5.54 Å². The van der Waals surface area contributed by atoms with Gasteiger partial charge in [-0.3, -0.25) is 0 Å². The second-order valence-corrected chi connectivity index (χ2v) is 9.88. The van der Waals surface area contributed by atoms with Crippen LogP contribution in [-0.2, 0) is 0 Å². The highest BCUT2D eigenvalue weighted by atomic mass is 16.3. The van der Waals surface area contributed by atoms with E-state index in [1.54, 1.807) is 0 Å². The molecule has 0 amide bonds. The zero-order chi connectivity index (χ0) is 22.2. The lowest BCUT2D eigenvalue weighted by molar-refractivity contribution is 0.135. The molecule has 0 spiro atoms. The molecule has 0 aliphatic carbocycles. The predicted octanol–water partition coefficient (Wildman–Crippen LogP) is 8.95. The van der Waals surface area contributed by atoms with Crippen molar-refractivity contribution in [1.82, 2.24) is 5.32 Å². The molecule has 0 radical (unpaired) electrons. The molecule has 0 unspecified atom stereocenters. The molecule has 182 valence electrons. The summed E-state index contributed by atoms with van der Waals surface area (Å²) in [6.45, 7) is 8.25. The number of hydrogen-bond acceptors (Lipinski definition) is 2. The number of aliphatic hydroxyl groups is 1. The lowest BCUT2D eigenvalue weighted by atomic mass is 9.86. The van der Waals surface area contributed by atoms with Crippen molar-refractivity contribution >= 4 is 0 Å². The average Bonchev–Trinajstić information content (AvgIpc) is 2.76. The van der Waals surface area contributed by atoms with Crippen LogP contribution in [0.3, 0.4) is 0 Å². The van der Waals surface area contributed by atoms with Crippen LogP contribution in [-0.4, -0.2) is 23.8 Å². The van der Waals surface area contributed by atoms with Crippen molar-refractivity contribution in [3.63, 3.8) is 0 Å². The van der Waals surface area contributed by atoms with Crippen LogP contribution in [0.4, 0.5) is 0 Å². The molecule has 0 fully saturated rings. The van der Waals surface area contributed by atoms with Crippen molar-refractivity contribution in [2.75, 3.05) is 13.2 Å². The molecule has 2 nitrogen and oxygen atoms in total. The number of nitrogens with one attached hydrogen (secondary N) is 1. The molecule has 2 heteroatoms. The molecular formula is C28H59NO. The number of unbranched alkanes of at least 4 members (excludes halogenated alkanes) is 17. The second kappa shape index (κ2) is 23.6. The smallest absolute Gasteiger partial charge is 0.0613 e. The van der Waals surface area contributed by atoms with Crippen molar-refractivity contribution in [1.29, 1.82) is 0 Å². The number of rotatable bonds is 25. The average molecular weight is 426 g/mol. The normalized spacial score (nSPS) is 12.0. The maximum absolute atomic E-state index is 10.3. The predicted molar refractivity (Wildman–Crippen MR) is 136 cm³/mol. The van der Waals surface area contributed by atoms with E-state index in [2.05, 4.69) is 26.1 Å². The second-order valence-electron chi connectivity index (χ2n) is 9.88. The highest BCUT2D eigenvalue weighted by Gasteiger charge is 2.27. The van der Waals surface area contributed by atoms with Crippen LogP contribution in [0.25, 0.3) is 0 Å². The largest absolute Gasteiger partial charge is 0.394 e. The van der Waals surface area contributed by atoms with E-state index in [0.717, 1.165) is 19.4 Å². The van der Waals surface area contributed by atoms with Crippen molar-refractivity contribution in [2.45, 2.75) is 168 Å².